The lowest BCUT2D eigenvalue weighted by atomic mass is 9.90. The van der Waals surface area contributed by atoms with Crippen molar-refractivity contribution < 1.29 is 67.0 Å². The van der Waals surface area contributed by atoms with Crippen LogP contribution >= 0.6 is 0 Å². The van der Waals surface area contributed by atoms with Crippen LogP contribution in [0.5, 0.6) is 5.75 Å². The molecule has 0 aromatic heterocycles. The van der Waals surface area contributed by atoms with E-state index in [9.17, 15) is 67.0 Å². The number of hydrogen-bond donors (Lipinski definition) is 1. The number of aryl methyl sites for hydroxylation is 1. The highest BCUT2D eigenvalue weighted by atomic mass is 19.4. The molecule has 0 aliphatic carbocycles. The lowest BCUT2D eigenvalue weighted by Gasteiger charge is -2.39. The first-order valence-corrected chi connectivity index (χ1v) is 14.5. The van der Waals surface area contributed by atoms with E-state index in [0.717, 1.165) is 32.1 Å². The van der Waals surface area contributed by atoms with Crippen LogP contribution in [0.1, 0.15) is 98.2 Å². The number of aromatic hydroxyl groups is 1. The summed E-state index contributed by atoms with van der Waals surface area (Å²) in [6.07, 6.45) is 4.09. The first kappa shape index (κ1) is 39.2. The third-order valence-corrected chi connectivity index (χ3v) is 7.57. The molecule has 0 atom stereocenters. The van der Waals surface area contributed by atoms with Crippen LogP contribution in [0.3, 0.4) is 0 Å². The summed E-state index contributed by atoms with van der Waals surface area (Å²) in [5.41, 5.74) is -2.46. The Morgan fingerprint density at radius 1 is 0.587 bits per heavy atom. The molecule has 0 unspecified atom stereocenters. The van der Waals surface area contributed by atoms with Gasteiger partial charge in [-0.2, -0.15) is 57.1 Å². The molecule has 0 heterocycles. The smallest absolute Gasteiger partial charge is 0.460 e. The molecule has 2 aromatic rings. The Morgan fingerprint density at radius 3 is 1.50 bits per heavy atom. The summed E-state index contributed by atoms with van der Waals surface area (Å²) in [5, 5.41) is 10.3. The molecule has 0 spiro atoms. The molecule has 1 N–H and O–H groups in total. The fraction of sp³-hybridized carbons (Fsp3) is 0.581. The lowest BCUT2D eigenvalue weighted by Crippen LogP contribution is -2.69. The molecule has 2 aromatic carbocycles. The summed E-state index contributed by atoms with van der Waals surface area (Å²) in [7, 11) is 0. The topological polar surface area (TPSA) is 37.3 Å². The number of unbranched alkanes of at least 4 members (excludes halogenated alkanes) is 9. The number of alkyl halides is 13. The van der Waals surface area contributed by atoms with Crippen molar-refractivity contribution in [3.05, 3.63) is 64.7 Å². The first-order valence-electron chi connectivity index (χ1n) is 14.5. The van der Waals surface area contributed by atoms with Crippen LogP contribution in [-0.4, -0.2) is 40.8 Å². The maximum absolute atomic E-state index is 14.4. The molecule has 0 amide bonds. The predicted octanol–water partition coefficient (Wildman–Crippen LogP) is 11.3. The van der Waals surface area contributed by atoms with E-state index in [2.05, 4.69) is 6.92 Å². The maximum Gasteiger partial charge on any atom is 0.460 e. The predicted molar refractivity (Wildman–Crippen MR) is 143 cm³/mol. The van der Waals surface area contributed by atoms with Gasteiger partial charge in [-0.05, 0) is 30.5 Å². The van der Waals surface area contributed by atoms with Gasteiger partial charge in [0.05, 0.1) is 5.56 Å². The van der Waals surface area contributed by atoms with Gasteiger partial charge < -0.3 is 5.11 Å². The van der Waals surface area contributed by atoms with Crippen LogP contribution in [0.15, 0.2) is 42.5 Å². The molecule has 0 saturated heterocycles. The molecule has 0 saturated carbocycles. The highest BCUT2D eigenvalue weighted by molar-refractivity contribution is 6.10. The highest BCUT2D eigenvalue weighted by Crippen LogP contribution is 2.62. The van der Waals surface area contributed by atoms with E-state index in [-0.39, 0.29) is 17.7 Å². The molecule has 0 aliphatic heterocycles. The third kappa shape index (κ3) is 7.92. The molecular weight excluding hydrogens is 651 g/mol. The number of ketones is 1. The fourth-order valence-electron chi connectivity index (χ4n) is 4.68. The van der Waals surface area contributed by atoms with Gasteiger partial charge >= 0.3 is 35.8 Å². The monoisotopic (exact) mass is 684 g/mol. The second-order valence-electron chi connectivity index (χ2n) is 11.1. The van der Waals surface area contributed by atoms with E-state index in [4.69, 9.17) is 0 Å². The van der Waals surface area contributed by atoms with E-state index in [1.165, 1.54) is 50.3 Å². The molecule has 0 fully saturated rings. The first-order chi connectivity index (χ1) is 21.1. The summed E-state index contributed by atoms with van der Waals surface area (Å²) in [6, 6.07) is 4.55. The maximum atomic E-state index is 14.4. The number of hydrogen-bond acceptors (Lipinski definition) is 2. The largest absolute Gasteiger partial charge is 0.507 e. The Hall–Kier alpha value is -3.00. The molecule has 0 radical (unpaired) electrons. The van der Waals surface area contributed by atoms with Crippen molar-refractivity contribution in [1.29, 1.82) is 0 Å². The summed E-state index contributed by atoms with van der Waals surface area (Å²) < 4.78 is 175. The van der Waals surface area contributed by atoms with Gasteiger partial charge in [-0.1, -0.05) is 95.0 Å². The molecule has 260 valence electrons. The van der Waals surface area contributed by atoms with Gasteiger partial charge in [0.25, 0.3) is 0 Å². The number of carbonyl (C=O) groups excluding carboxylic acids is 1. The highest BCUT2D eigenvalue weighted by Gasteiger charge is 2.90. The quantitative estimate of drug-likeness (QED) is 0.0964. The molecule has 15 heteroatoms. The van der Waals surface area contributed by atoms with E-state index in [0.29, 0.717) is 24.1 Å². The Labute approximate surface area is 257 Å². The summed E-state index contributed by atoms with van der Waals surface area (Å²) in [4.78, 5) is 12.8. The second-order valence-corrected chi connectivity index (χ2v) is 11.1. The summed E-state index contributed by atoms with van der Waals surface area (Å²) in [6.45, 7) is 2.15. The minimum Gasteiger partial charge on any atom is -0.507 e. The van der Waals surface area contributed by atoms with Gasteiger partial charge in [-0.3, -0.25) is 4.79 Å². The standard InChI is InChI=1S/C31H33F13O2/c1-2-3-4-5-6-7-8-9-10-11-12-20-13-18-23(24(45)19-20)25(46)21-14-16-22(17-15-21)26(32,33)27(34,35)28(36,37)29(38,39)30(40,41)31(42,43)44/h13-19,45H,2-12H2,1H3. The van der Waals surface area contributed by atoms with Crippen molar-refractivity contribution in [2.24, 2.45) is 0 Å². The minimum atomic E-state index is -8.00. The zero-order chi connectivity index (χ0) is 35.2. The Balaban J connectivity index is 2.11. The van der Waals surface area contributed by atoms with Gasteiger partial charge in [0.1, 0.15) is 5.75 Å². The number of halogens is 13. The van der Waals surface area contributed by atoms with Crippen LogP contribution in [0.25, 0.3) is 0 Å². The fourth-order valence-corrected chi connectivity index (χ4v) is 4.68. The minimum absolute atomic E-state index is 0.0894. The third-order valence-electron chi connectivity index (χ3n) is 7.57. The van der Waals surface area contributed by atoms with Crippen molar-refractivity contribution in [3.63, 3.8) is 0 Å². The molecule has 46 heavy (non-hydrogen) atoms. The number of carbonyl (C=O) groups is 1. The van der Waals surface area contributed by atoms with Crippen molar-refractivity contribution in [1.82, 2.24) is 0 Å². The number of phenolic OH excluding ortho intramolecular Hbond substituents is 1. The summed E-state index contributed by atoms with van der Waals surface area (Å²) >= 11 is 0. The molecule has 0 aliphatic rings. The number of rotatable bonds is 18. The number of benzene rings is 2. The SMILES string of the molecule is CCCCCCCCCCCCc1ccc(C(=O)c2ccc(C(F)(F)C(F)(F)C(F)(F)C(F)(F)C(F)(F)C(F)(F)F)cc2)c(O)c1. The Morgan fingerprint density at radius 2 is 1.04 bits per heavy atom. The van der Waals surface area contributed by atoms with Gasteiger partial charge in [0, 0.05) is 11.1 Å². The average Bonchev–Trinajstić information content (AvgIpc) is 2.97. The van der Waals surface area contributed by atoms with Gasteiger partial charge in [-0.25, -0.2) is 0 Å². The van der Waals surface area contributed by atoms with Crippen molar-refractivity contribution in [2.45, 2.75) is 113 Å². The zero-order valence-electron chi connectivity index (χ0n) is 24.6. The Kier molecular flexibility index (Phi) is 12.6. The molecule has 2 rings (SSSR count). The molecular formula is C31H33F13O2. The van der Waals surface area contributed by atoms with Crippen LogP contribution in [-0.2, 0) is 12.3 Å². The molecule has 2 nitrogen and oxygen atoms in total. The number of phenols is 1. The second kappa shape index (κ2) is 14.8. The van der Waals surface area contributed by atoms with Crippen LogP contribution < -0.4 is 0 Å². The lowest BCUT2D eigenvalue weighted by molar-refractivity contribution is -0.441. The van der Waals surface area contributed by atoms with E-state index in [1.807, 2.05) is 0 Å². The van der Waals surface area contributed by atoms with Gasteiger partial charge in [0.15, 0.2) is 5.78 Å². The Bertz CT molecular complexity index is 1290. The van der Waals surface area contributed by atoms with E-state index >= 15 is 0 Å². The summed E-state index contributed by atoms with van der Waals surface area (Å²) in [5.74, 6) is -39.2. The van der Waals surface area contributed by atoms with Crippen molar-refractivity contribution >= 4 is 5.78 Å². The van der Waals surface area contributed by atoms with E-state index < -0.39 is 58.4 Å². The van der Waals surface area contributed by atoms with Crippen LogP contribution in [0, 0.1) is 0 Å². The van der Waals surface area contributed by atoms with Crippen LogP contribution in [0.2, 0.25) is 0 Å². The average molecular weight is 685 g/mol. The molecule has 0 bridgehead atoms. The van der Waals surface area contributed by atoms with Crippen LogP contribution in [0.4, 0.5) is 57.1 Å². The van der Waals surface area contributed by atoms with Gasteiger partial charge in [-0.15, -0.1) is 0 Å². The zero-order valence-corrected chi connectivity index (χ0v) is 24.6. The normalized spacial score (nSPS) is 13.7. The van der Waals surface area contributed by atoms with Gasteiger partial charge in [0.2, 0.25) is 0 Å². The van der Waals surface area contributed by atoms with E-state index in [1.54, 1.807) is 0 Å². The van der Waals surface area contributed by atoms with Crippen molar-refractivity contribution in [2.75, 3.05) is 0 Å². The van der Waals surface area contributed by atoms with Crippen molar-refractivity contribution in [3.8, 4) is 5.75 Å².